The minimum Gasteiger partial charge on any atom is -0.482 e. The van der Waals surface area contributed by atoms with Crippen LogP contribution in [0.25, 0.3) is 11.1 Å². The Morgan fingerprint density at radius 1 is 1.17 bits per heavy atom. The van der Waals surface area contributed by atoms with Crippen molar-refractivity contribution in [2.75, 3.05) is 5.73 Å². The lowest BCUT2D eigenvalue weighted by Crippen LogP contribution is -2.08. The van der Waals surface area contributed by atoms with Crippen LogP contribution in [0.2, 0.25) is 10.0 Å². The molecule has 1 aromatic heterocycles. The monoisotopic (exact) mass is 431 g/mol. The van der Waals surface area contributed by atoms with E-state index in [-0.39, 0.29) is 16.9 Å². The molecule has 29 heavy (non-hydrogen) atoms. The first-order chi connectivity index (χ1) is 13.8. The minimum absolute atomic E-state index is 0.0553. The van der Waals surface area contributed by atoms with Crippen molar-refractivity contribution in [1.29, 1.82) is 0 Å². The third-order valence-corrected chi connectivity index (χ3v) is 5.99. The van der Waals surface area contributed by atoms with Crippen LogP contribution in [0.4, 0.5) is 10.2 Å². The van der Waals surface area contributed by atoms with Gasteiger partial charge in [-0.3, -0.25) is 0 Å². The Kier molecular flexibility index (Phi) is 5.38. The molecular formula is C22H20Cl2FN3O. The summed E-state index contributed by atoms with van der Waals surface area (Å²) in [5, 5.41) is 0.250. The van der Waals surface area contributed by atoms with Gasteiger partial charge in [-0.1, -0.05) is 35.3 Å². The van der Waals surface area contributed by atoms with E-state index >= 15 is 0 Å². The lowest BCUT2D eigenvalue weighted by Gasteiger charge is -2.19. The highest BCUT2D eigenvalue weighted by atomic mass is 35.5. The summed E-state index contributed by atoms with van der Waals surface area (Å²) in [5.41, 5.74) is 16.9. The third kappa shape index (κ3) is 3.78. The van der Waals surface area contributed by atoms with Gasteiger partial charge in [0.05, 0.1) is 5.02 Å². The van der Waals surface area contributed by atoms with Crippen LogP contribution in [0.15, 0.2) is 42.6 Å². The quantitative estimate of drug-likeness (QED) is 0.507. The lowest BCUT2D eigenvalue weighted by molar-refractivity contribution is 0.227. The predicted molar refractivity (Wildman–Crippen MR) is 115 cm³/mol. The molecule has 0 fully saturated rings. The molecule has 4 nitrogen and oxygen atoms in total. The van der Waals surface area contributed by atoms with Crippen molar-refractivity contribution in [3.8, 4) is 16.9 Å². The molecule has 4 rings (SSSR count). The van der Waals surface area contributed by atoms with Crippen molar-refractivity contribution in [1.82, 2.24) is 4.98 Å². The third-order valence-electron chi connectivity index (χ3n) is 5.27. The molecule has 0 bridgehead atoms. The summed E-state index contributed by atoms with van der Waals surface area (Å²) in [4.78, 5) is 4.26. The van der Waals surface area contributed by atoms with Crippen molar-refractivity contribution < 1.29 is 9.13 Å². The summed E-state index contributed by atoms with van der Waals surface area (Å²) in [6.45, 7) is 1.73. The van der Waals surface area contributed by atoms with Gasteiger partial charge in [0.15, 0.2) is 11.6 Å². The van der Waals surface area contributed by atoms with Gasteiger partial charge in [-0.05, 0) is 60.7 Å². The summed E-state index contributed by atoms with van der Waals surface area (Å²) in [7, 11) is 0. The van der Waals surface area contributed by atoms with E-state index in [4.69, 9.17) is 39.4 Å². The van der Waals surface area contributed by atoms with E-state index in [1.54, 1.807) is 13.1 Å². The molecule has 1 heterocycles. The average Bonchev–Trinajstić information content (AvgIpc) is 3.07. The van der Waals surface area contributed by atoms with E-state index in [9.17, 15) is 4.39 Å². The number of nitrogens with zero attached hydrogens (tertiary/aromatic N) is 1. The zero-order valence-corrected chi connectivity index (χ0v) is 17.3. The van der Waals surface area contributed by atoms with Crippen LogP contribution in [0, 0.1) is 5.82 Å². The van der Waals surface area contributed by atoms with Gasteiger partial charge in [0.1, 0.15) is 11.9 Å². The number of pyridine rings is 1. The molecular weight excluding hydrogens is 412 g/mol. The average molecular weight is 432 g/mol. The molecule has 7 heteroatoms. The van der Waals surface area contributed by atoms with Crippen molar-refractivity contribution in [3.63, 3.8) is 0 Å². The first-order valence-corrected chi connectivity index (χ1v) is 10.0. The van der Waals surface area contributed by atoms with Gasteiger partial charge in [-0.25, -0.2) is 9.37 Å². The van der Waals surface area contributed by atoms with E-state index in [0.29, 0.717) is 16.3 Å². The van der Waals surface area contributed by atoms with Gasteiger partial charge >= 0.3 is 0 Å². The topological polar surface area (TPSA) is 74.2 Å². The SMILES string of the molecule is C[C@@H](Oc1cc(-c2ccc3c(c2)C(N)CC3)cnc1N)c1c(Cl)ccc(F)c1Cl. The van der Waals surface area contributed by atoms with Crippen molar-refractivity contribution in [3.05, 3.63) is 75.1 Å². The van der Waals surface area contributed by atoms with Gasteiger partial charge in [-0.2, -0.15) is 0 Å². The summed E-state index contributed by atoms with van der Waals surface area (Å²) in [6.07, 6.45) is 3.02. The maximum absolute atomic E-state index is 13.9. The summed E-state index contributed by atoms with van der Waals surface area (Å²) < 4.78 is 19.8. The van der Waals surface area contributed by atoms with Crippen LogP contribution in [0.5, 0.6) is 5.75 Å². The second kappa shape index (κ2) is 7.82. The number of halogens is 3. The second-order valence-corrected chi connectivity index (χ2v) is 7.97. The number of hydrogen-bond donors (Lipinski definition) is 2. The Bertz CT molecular complexity index is 1090. The Morgan fingerprint density at radius 3 is 2.76 bits per heavy atom. The maximum atomic E-state index is 13.9. The standard InChI is InChI=1S/C22H20Cl2FN3O/c1-11(20-16(23)5-6-17(25)21(20)24)29-19-9-14(10-28-22(19)27)13-3-2-12-4-7-18(26)15(12)8-13/h2-3,5-6,8-11,18H,4,7,26H2,1H3,(H2,27,28)/t11-,18?/m1/s1. The highest BCUT2D eigenvalue weighted by Crippen LogP contribution is 2.38. The Labute approximate surface area is 178 Å². The van der Waals surface area contributed by atoms with E-state index in [0.717, 1.165) is 29.5 Å². The molecule has 2 aromatic carbocycles. The number of anilines is 1. The molecule has 3 aromatic rings. The molecule has 1 aliphatic carbocycles. The predicted octanol–water partition coefficient (Wildman–Crippen LogP) is 5.86. The highest BCUT2D eigenvalue weighted by molar-refractivity contribution is 6.36. The van der Waals surface area contributed by atoms with Crippen molar-refractivity contribution in [2.45, 2.75) is 31.9 Å². The fraction of sp³-hybridized carbons (Fsp3) is 0.227. The van der Waals surface area contributed by atoms with E-state index in [1.165, 1.54) is 17.7 Å². The molecule has 0 radical (unpaired) electrons. The number of aromatic nitrogens is 1. The molecule has 2 atom stereocenters. The molecule has 1 unspecified atom stereocenters. The summed E-state index contributed by atoms with van der Waals surface area (Å²) in [5.74, 6) is 0.0362. The Balaban J connectivity index is 1.67. The highest BCUT2D eigenvalue weighted by Gasteiger charge is 2.21. The number of fused-ring (bicyclic) bond motifs is 1. The number of benzene rings is 2. The van der Waals surface area contributed by atoms with Gasteiger partial charge in [0.25, 0.3) is 0 Å². The second-order valence-electron chi connectivity index (χ2n) is 7.18. The zero-order valence-electron chi connectivity index (χ0n) is 15.8. The number of hydrogen-bond acceptors (Lipinski definition) is 4. The first kappa shape index (κ1) is 20.0. The van der Waals surface area contributed by atoms with E-state index < -0.39 is 11.9 Å². The van der Waals surface area contributed by atoms with Crippen LogP contribution in [-0.2, 0) is 6.42 Å². The molecule has 0 saturated carbocycles. The number of rotatable bonds is 4. The molecule has 0 spiro atoms. The minimum atomic E-state index is -0.626. The van der Waals surface area contributed by atoms with Crippen LogP contribution in [0.3, 0.4) is 0 Å². The number of aryl methyl sites for hydroxylation is 1. The number of ether oxygens (including phenoxy) is 1. The van der Waals surface area contributed by atoms with E-state index in [2.05, 4.69) is 17.1 Å². The summed E-state index contributed by atoms with van der Waals surface area (Å²) in [6, 6.07) is 10.8. The normalized spacial score (nSPS) is 16.5. The Morgan fingerprint density at radius 2 is 1.97 bits per heavy atom. The summed E-state index contributed by atoms with van der Waals surface area (Å²) >= 11 is 12.3. The van der Waals surface area contributed by atoms with Crippen molar-refractivity contribution >= 4 is 29.0 Å². The molecule has 150 valence electrons. The van der Waals surface area contributed by atoms with E-state index in [1.807, 2.05) is 12.1 Å². The fourth-order valence-corrected chi connectivity index (χ4v) is 4.36. The largest absolute Gasteiger partial charge is 0.482 e. The van der Waals surface area contributed by atoms with Crippen LogP contribution >= 0.6 is 23.2 Å². The van der Waals surface area contributed by atoms with Crippen LogP contribution < -0.4 is 16.2 Å². The van der Waals surface area contributed by atoms with Gasteiger partial charge in [-0.15, -0.1) is 0 Å². The Hall–Kier alpha value is -2.34. The zero-order chi connectivity index (χ0) is 20.7. The maximum Gasteiger partial charge on any atom is 0.166 e. The lowest BCUT2D eigenvalue weighted by atomic mass is 10.0. The fourth-order valence-electron chi connectivity index (χ4n) is 3.69. The molecule has 4 N–H and O–H groups in total. The van der Waals surface area contributed by atoms with Crippen LogP contribution in [0.1, 0.15) is 42.2 Å². The van der Waals surface area contributed by atoms with Gasteiger partial charge in [0.2, 0.25) is 0 Å². The smallest absolute Gasteiger partial charge is 0.166 e. The number of nitrogens with two attached hydrogens (primary N) is 2. The number of nitrogen functional groups attached to an aromatic ring is 1. The van der Waals surface area contributed by atoms with Gasteiger partial charge in [0, 0.05) is 28.4 Å². The van der Waals surface area contributed by atoms with Crippen molar-refractivity contribution in [2.24, 2.45) is 5.73 Å². The molecule has 1 aliphatic rings. The first-order valence-electron chi connectivity index (χ1n) is 9.29. The van der Waals surface area contributed by atoms with Gasteiger partial charge < -0.3 is 16.2 Å². The molecule has 0 amide bonds. The van der Waals surface area contributed by atoms with Crippen LogP contribution in [-0.4, -0.2) is 4.98 Å². The molecule has 0 saturated heterocycles. The molecule has 0 aliphatic heterocycles.